The van der Waals surface area contributed by atoms with Crippen molar-refractivity contribution in [1.29, 1.82) is 0 Å². The maximum atomic E-state index is 12.6. The van der Waals surface area contributed by atoms with Gasteiger partial charge in [0, 0.05) is 11.7 Å². The first-order valence-corrected chi connectivity index (χ1v) is 8.68. The van der Waals surface area contributed by atoms with Gasteiger partial charge in [-0.1, -0.05) is 5.16 Å². The molecule has 2 fully saturated rings. The Labute approximate surface area is 158 Å². The fourth-order valence-electron chi connectivity index (χ4n) is 4.13. The Morgan fingerprint density at radius 1 is 1.31 bits per heavy atom. The number of aryl methyl sites for hydroxylation is 1. The molecule has 2 aromatic rings. The van der Waals surface area contributed by atoms with Gasteiger partial charge in [0.05, 0.1) is 5.92 Å². The van der Waals surface area contributed by atoms with Gasteiger partial charge in [-0.05, 0) is 62.3 Å². The molecule has 7 nitrogen and oxygen atoms in total. The van der Waals surface area contributed by atoms with E-state index in [4.69, 9.17) is 15.0 Å². The van der Waals surface area contributed by atoms with Gasteiger partial charge in [-0.25, -0.2) is 0 Å². The summed E-state index contributed by atoms with van der Waals surface area (Å²) in [5, 5.41) is 6.70. The number of nitrogens with one attached hydrogen (secondary N) is 1. The SMILES string of the molecule is Cc1noc(COc2ccc(NC(=O)C3C4CCC(C4)C3N)cc2)n1.Cl. The molecular formula is C18H23ClN4O3. The molecule has 8 heteroatoms. The van der Waals surface area contributed by atoms with Crippen LogP contribution in [0.4, 0.5) is 5.69 Å². The molecule has 2 saturated carbocycles. The number of fused-ring (bicyclic) bond motifs is 2. The summed E-state index contributed by atoms with van der Waals surface area (Å²) in [4.78, 5) is 16.6. The lowest BCUT2D eigenvalue weighted by atomic mass is 9.84. The first-order valence-electron chi connectivity index (χ1n) is 8.68. The second kappa shape index (κ2) is 7.63. The molecular weight excluding hydrogens is 356 g/mol. The van der Waals surface area contributed by atoms with Crippen LogP contribution < -0.4 is 15.8 Å². The van der Waals surface area contributed by atoms with Crippen molar-refractivity contribution in [2.75, 3.05) is 5.32 Å². The van der Waals surface area contributed by atoms with Crippen LogP contribution in [0.1, 0.15) is 31.0 Å². The van der Waals surface area contributed by atoms with Crippen molar-refractivity contribution in [3.8, 4) is 5.75 Å². The molecule has 4 rings (SSSR count). The summed E-state index contributed by atoms with van der Waals surface area (Å²) >= 11 is 0. The van der Waals surface area contributed by atoms with Crippen molar-refractivity contribution in [3.05, 3.63) is 36.0 Å². The molecule has 2 aliphatic rings. The Morgan fingerprint density at radius 2 is 2.04 bits per heavy atom. The Morgan fingerprint density at radius 3 is 2.65 bits per heavy atom. The molecule has 1 heterocycles. The molecule has 4 unspecified atom stereocenters. The zero-order valence-electron chi connectivity index (χ0n) is 14.6. The maximum Gasteiger partial charge on any atom is 0.264 e. The average Bonchev–Trinajstić information content (AvgIpc) is 3.30. The van der Waals surface area contributed by atoms with Crippen molar-refractivity contribution in [3.63, 3.8) is 0 Å². The van der Waals surface area contributed by atoms with Gasteiger partial charge in [0.25, 0.3) is 5.89 Å². The van der Waals surface area contributed by atoms with E-state index in [2.05, 4.69) is 15.5 Å². The van der Waals surface area contributed by atoms with E-state index in [1.807, 2.05) is 12.1 Å². The lowest BCUT2D eigenvalue weighted by Crippen LogP contribution is -2.42. The Kier molecular flexibility index (Phi) is 5.48. The van der Waals surface area contributed by atoms with E-state index in [1.54, 1.807) is 19.1 Å². The van der Waals surface area contributed by atoms with Gasteiger partial charge in [0.15, 0.2) is 12.4 Å². The molecule has 3 N–H and O–H groups in total. The predicted octanol–water partition coefficient (Wildman–Crippen LogP) is 2.69. The fourth-order valence-corrected chi connectivity index (χ4v) is 4.13. The topological polar surface area (TPSA) is 103 Å². The summed E-state index contributed by atoms with van der Waals surface area (Å²) in [6.07, 6.45) is 3.39. The number of amides is 1. The Balaban J connectivity index is 0.00000196. The van der Waals surface area contributed by atoms with Crippen LogP contribution in [0.5, 0.6) is 5.75 Å². The fraction of sp³-hybridized carbons (Fsp3) is 0.500. The largest absolute Gasteiger partial charge is 0.484 e. The molecule has 0 aliphatic heterocycles. The molecule has 26 heavy (non-hydrogen) atoms. The van der Waals surface area contributed by atoms with Gasteiger partial charge in [-0.2, -0.15) is 4.98 Å². The highest BCUT2D eigenvalue weighted by Gasteiger charge is 2.49. The number of aromatic nitrogens is 2. The van der Waals surface area contributed by atoms with Crippen LogP contribution in [0.25, 0.3) is 0 Å². The summed E-state index contributed by atoms with van der Waals surface area (Å²) in [5.74, 6) is 2.62. The van der Waals surface area contributed by atoms with Crippen molar-refractivity contribution < 1.29 is 14.1 Å². The van der Waals surface area contributed by atoms with Gasteiger partial charge < -0.3 is 20.3 Å². The molecule has 0 spiro atoms. The van der Waals surface area contributed by atoms with Gasteiger partial charge in [0.1, 0.15) is 5.75 Å². The highest BCUT2D eigenvalue weighted by molar-refractivity contribution is 5.93. The maximum absolute atomic E-state index is 12.6. The van der Waals surface area contributed by atoms with E-state index >= 15 is 0 Å². The van der Waals surface area contributed by atoms with Gasteiger partial charge in [-0.15, -0.1) is 12.4 Å². The number of benzene rings is 1. The molecule has 0 radical (unpaired) electrons. The number of carbonyl (C=O) groups excluding carboxylic acids is 1. The van der Waals surface area contributed by atoms with E-state index < -0.39 is 0 Å². The molecule has 2 bridgehead atoms. The van der Waals surface area contributed by atoms with Crippen molar-refractivity contribution in [1.82, 2.24) is 10.1 Å². The Hall–Kier alpha value is -2.12. The van der Waals surface area contributed by atoms with Gasteiger partial charge >= 0.3 is 0 Å². The third-order valence-electron chi connectivity index (χ3n) is 5.34. The number of carbonyl (C=O) groups is 1. The van der Waals surface area contributed by atoms with Crippen molar-refractivity contribution in [2.45, 2.75) is 38.8 Å². The molecule has 140 valence electrons. The van der Waals surface area contributed by atoms with Crippen LogP contribution >= 0.6 is 12.4 Å². The number of nitrogens with two attached hydrogens (primary N) is 1. The molecule has 1 amide bonds. The van der Waals surface area contributed by atoms with E-state index in [1.165, 1.54) is 6.42 Å². The lowest BCUT2D eigenvalue weighted by molar-refractivity contribution is -0.121. The van der Waals surface area contributed by atoms with Crippen LogP contribution in [-0.4, -0.2) is 22.1 Å². The summed E-state index contributed by atoms with van der Waals surface area (Å²) in [5.41, 5.74) is 6.99. The minimum Gasteiger partial charge on any atom is -0.484 e. The molecule has 4 atom stereocenters. The number of nitrogens with zero attached hydrogens (tertiary/aromatic N) is 2. The smallest absolute Gasteiger partial charge is 0.264 e. The summed E-state index contributed by atoms with van der Waals surface area (Å²) in [7, 11) is 0. The van der Waals surface area contributed by atoms with Crippen molar-refractivity contribution in [2.24, 2.45) is 23.5 Å². The third-order valence-corrected chi connectivity index (χ3v) is 5.34. The van der Waals surface area contributed by atoms with Crippen LogP contribution in [0.15, 0.2) is 28.8 Å². The van der Waals surface area contributed by atoms with Crippen LogP contribution in [0, 0.1) is 24.7 Å². The number of halogens is 1. The standard InChI is InChI=1S/C18H22N4O3.ClH/c1-10-20-15(25-22-10)9-24-14-6-4-13(5-7-14)21-18(23)16-11-2-3-12(8-11)17(16)19;/h4-7,11-12,16-17H,2-3,8-9,19H2,1H3,(H,21,23);1H. The second-order valence-electron chi connectivity index (χ2n) is 6.97. The molecule has 0 saturated heterocycles. The first-order chi connectivity index (χ1) is 12.1. The minimum atomic E-state index is -0.0598. The van der Waals surface area contributed by atoms with E-state index in [-0.39, 0.29) is 36.9 Å². The summed E-state index contributed by atoms with van der Waals surface area (Å²) < 4.78 is 10.6. The predicted molar refractivity (Wildman–Crippen MR) is 98.0 cm³/mol. The minimum absolute atomic E-state index is 0. The number of ether oxygens (including phenoxy) is 1. The average molecular weight is 379 g/mol. The van der Waals surface area contributed by atoms with Crippen molar-refractivity contribution >= 4 is 24.0 Å². The summed E-state index contributed by atoms with van der Waals surface area (Å²) in [6.45, 7) is 1.97. The normalized spacial score (nSPS) is 26.4. The van der Waals surface area contributed by atoms with Crippen LogP contribution in [-0.2, 0) is 11.4 Å². The monoisotopic (exact) mass is 378 g/mol. The Bertz CT molecular complexity index is 762. The van der Waals surface area contributed by atoms with Gasteiger partial charge in [-0.3, -0.25) is 4.79 Å². The summed E-state index contributed by atoms with van der Waals surface area (Å²) in [6, 6.07) is 7.26. The highest BCUT2D eigenvalue weighted by atomic mass is 35.5. The van der Waals surface area contributed by atoms with E-state index in [0.29, 0.717) is 29.3 Å². The van der Waals surface area contributed by atoms with E-state index in [9.17, 15) is 4.79 Å². The number of hydrogen-bond acceptors (Lipinski definition) is 6. The van der Waals surface area contributed by atoms with E-state index in [0.717, 1.165) is 18.5 Å². The molecule has 1 aromatic carbocycles. The highest BCUT2D eigenvalue weighted by Crippen LogP contribution is 2.47. The van der Waals surface area contributed by atoms with Gasteiger partial charge in [0.2, 0.25) is 5.91 Å². The zero-order valence-corrected chi connectivity index (χ0v) is 15.4. The molecule has 1 aromatic heterocycles. The zero-order chi connectivity index (χ0) is 17.4. The molecule has 2 aliphatic carbocycles. The number of rotatable bonds is 5. The van der Waals surface area contributed by atoms with Crippen LogP contribution in [0.3, 0.4) is 0 Å². The lowest BCUT2D eigenvalue weighted by Gasteiger charge is -2.27. The van der Waals surface area contributed by atoms with Crippen LogP contribution in [0.2, 0.25) is 0 Å². The number of anilines is 1. The first kappa shape index (κ1) is 18.7. The third kappa shape index (κ3) is 3.68. The second-order valence-corrected chi connectivity index (χ2v) is 6.97. The quantitative estimate of drug-likeness (QED) is 0.829. The number of hydrogen-bond donors (Lipinski definition) is 2.